The number of amides is 4. The fraction of sp³-hybridized carbons (Fsp3) is 0.400. The maximum atomic E-state index is 14.0. The van der Waals surface area contributed by atoms with Crippen molar-refractivity contribution in [2.24, 2.45) is 17.8 Å². The lowest BCUT2D eigenvalue weighted by molar-refractivity contribution is -0.139. The molecule has 1 saturated carbocycles. The first-order valence-corrected chi connectivity index (χ1v) is 22.4. The van der Waals surface area contributed by atoms with E-state index in [-0.39, 0.29) is 41.8 Å². The fourth-order valence-corrected chi connectivity index (χ4v) is 10.2. The van der Waals surface area contributed by atoms with E-state index in [1.165, 1.54) is 14.2 Å². The second kappa shape index (κ2) is 17.5. The van der Waals surface area contributed by atoms with Crippen molar-refractivity contribution >= 4 is 45.8 Å². The second-order valence-electron chi connectivity index (χ2n) is 18.2. The molecule has 64 heavy (non-hydrogen) atoms. The molecule has 14 nitrogen and oxygen atoms in total. The van der Waals surface area contributed by atoms with E-state index < -0.39 is 24.3 Å². The lowest BCUT2D eigenvalue weighted by Crippen LogP contribution is -2.54. The summed E-state index contributed by atoms with van der Waals surface area (Å²) in [6, 6.07) is 26.1. The predicted octanol–water partition coefficient (Wildman–Crippen LogP) is 8.92. The number of aromatic nitrogens is 4. The van der Waals surface area contributed by atoms with Gasteiger partial charge in [0.15, 0.2) is 0 Å². The molecule has 4 heterocycles. The molecule has 6 aromatic rings. The molecule has 332 valence electrons. The molecule has 3 aliphatic rings. The van der Waals surface area contributed by atoms with Crippen molar-refractivity contribution < 1.29 is 28.7 Å². The van der Waals surface area contributed by atoms with E-state index in [0.29, 0.717) is 12.5 Å². The minimum Gasteiger partial charge on any atom is -0.453 e. The monoisotopic (exact) mass is 864 g/mol. The smallest absolute Gasteiger partial charge is 0.407 e. The van der Waals surface area contributed by atoms with Crippen LogP contribution in [0.1, 0.15) is 83.5 Å². The summed E-state index contributed by atoms with van der Waals surface area (Å²) in [6.07, 6.45) is 5.17. The molecule has 6 unspecified atom stereocenters. The predicted molar refractivity (Wildman–Crippen MR) is 245 cm³/mol. The number of carbonyl (C=O) groups excluding carboxylic acids is 4. The van der Waals surface area contributed by atoms with Crippen molar-refractivity contribution in [1.29, 1.82) is 0 Å². The number of nitrogens with one attached hydrogen (secondary N) is 4. The average molecular weight is 865 g/mol. The number of benzene rings is 4. The van der Waals surface area contributed by atoms with E-state index in [9.17, 15) is 19.2 Å². The number of nitrogens with zero attached hydrogens (tertiary/aromatic N) is 4. The number of rotatable bonds is 11. The summed E-state index contributed by atoms with van der Waals surface area (Å²) >= 11 is 0. The quantitative estimate of drug-likeness (QED) is 0.0999. The van der Waals surface area contributed by atoms with Crippen LogP contribution in [0.3, 0.4) is 0 Å². The molecule has 4 aromatic carbocycles. The van der Waals surface area contributed by atoms with Crippen LogP contribution in [0.5, 0.6) is 0 Å². The molecule has 1 aliphatic carbocycles. The summed E-state index contributed by atoms with van der Waals surface area (Å²) in [6.45, 7) is 8.28. The van der Waals surface area contributed by atoms with Crippen LogP contribution in [0, 0.1) is 17.8 Å². The molecule has 6 atom stereocenters. The van der Waals surface area contributed by atoms with Crippen molar-refractivity contribution in [3.63, 3.8) is 0 Å². The van der Waals surface area contributed by atoms with Gasteiger partial charge < -0.3 is 39.9 Å². The van der Waals surface area contributed by atoms with Gasteiger partial charge in [-0.1, -0.05) is 82.3 Å². The van der Waals surface area contributed by atoms with E-state index in [1.807, 2.05) is 49.8 Å². The Morgan fingerprint density at radius 3 is 1.94 bits per heavy atom. The van der Waals surface area contributed by atoms with Crippen LogP contribution in [0.4, 0.5) is 9.59 Å². The molecule has 0 spiro atoms. The van der Waals surface area contributed by atoms with Gasteiger partial charge in [0.05, 0.1) is 49.2 Å². The lowest BCUT2D eigenvalue weighted by Gasteiger charge is -2.37. The van der Waals surface area contributed by atoms with Crippen LogP contribution in [0.15, 0.2) is 85.1 Å². The third-order valence-electron chi connectivity index (χ3n) is 13.6. The van der Waals surface area contributed by atoms with Gasteiger partial charge in [-0.05, 0) is 107 Å². The number of methoxy groups -OCH3 is 2. The van der Waals surface area contributed by atoms with Crippen LogP contribution in [0.2, 0.25) is 0 Å². The molecule has 0 radical (unpaired) electrons. The fourth-order valence-electron chi connectivity index (χ4n) is 10.2. The van der Waals surface area contributed by atoms with Crippen molar-refractivity contribution in [3.05, 3.63) is 96.7 Å². The molecular weight excluding hydrogens is 809 g/mol. The number of ether oxygens (including phenoxy) is 2. The Labute approximate surface area is 372 Å². The number of hydrogen-bond acceptors (Lipinski definition) is 8. The van der Waals surface area contributed by atoms with Gasteiger partial charge in [0.25, 0.3) is 0 Å². The first-order chi connectivity index (χ1) is 30.9. The number of carbonyl (C=O) groups is 4. The van der Waals surface area contributed by atoms with E-state index in [2.05, 4.69) is 93.4 Å². The highest BCUT2D eigenvalue weighted by Gasteiger charge is 2.51. The van der Waals surface area contributed by atoms with Gasteiger partial charge in [0.2, 0.25) is 11.8 Å². The van der Waals surface area contributed by atoms with Gasteiger partial charge in [-0.15, -0.1) is 0 Å². The normalized spacial score (nSPS) is 20.3. The standard InChI is InChI=1S/C50H56N8O6/c1-27(2)42(55-49(61)63-5)47(59)57-21-7-8-41(57)45-51-26-40(54-45)35-16-15-32-22-31(13-14-33(32)23-35)29-9-11-30(12-10-29)34-18-20-38-39(25-34)53-46(52-38)44-36-17-19-37(24-36)58(44)48(60)43(28(3)4)56-50(62)64-6/h9-16,18,20,22-23,25-28,36-37,41-44H,7-8,17,19,21,24H2,1-6H3,(H,51,54)(H,52,53)(H,55,61)(H,56,62). The molecule has 2 aromatic heterocycles. The number of hydrogen-bond donors (Lipinski definition) is 4. The number of piperidine rings is 1. The SMILES string of the molecule is COC(=O)NC(C(=O)N1CCCC1c1ncc(-c2ccc3cc(-c4ccc(-c5ccc6nc(C7C8CCC(C8)N7C(=O)C(NC(=O)OC)C(C)C)[nH]c6c5)cc4)ccc3c2)[nH]1)C(C)C. The zero-order valence-electron chi connectivity index (χ0n) is 37.2. The molecule has 4 amide bonds. The Bertz CT molecular complexity index is 2720. The molecule has 9 rings (SSSR count). The second-order valence-corrected chi connectivity index (χ2v) is 18.2. The van der Waals surface area contributed by atoms with Gasteiger partial charge >= 0.3 is 12.2 Å². The molecule has 3 fully saturated rings. The summed E-state index contributed by atoms with van der Waals surface area (Å²) in [4.78, 5) is 72.5. The van der Waals surface area contributed by atoms with E-state index in [0.717, 1.165) is 99.1 Å². The molecule has 2 aliphatic heterocycles. The molecule has 2 bridgehead atoms. The Hall–Kier alpha value is -6.70. The summed E-state index contributed by atoms with van der Waals surface area (Å²) in [5.74, 6) is 1.41. The average Bonchev–Trinajstić information content (AvgIpc) is 4.17. The van der Waals surface area contributed by atoms with Crippen molar-refractivity contribution in [1.82, 2.24) is 40.4 Å². The molecule has 14 heteroatoms. The van der Waals surface area contributed by atoms with Gasteiger partial charge in [0.1, 0.15) is 23.7 Å². The Balaban J connectivity index is 0.892. The number of imidazole rings is 2. The van der Waals surface area contributed by atoms with Crippen LogP contribution >= 0.6 is 0 Å². The van der Waals surface area contributed by atoms with Crippen molar-refractivity contribution in [3.8, 4) is 33.5 Å². The van der Waals surface area contributed by atoms with E-state index >= 15 is 0 Å². The summed E-state index contributed by atoms with van der Waals surface area (Å²) in [5.41, 5.74) is 8.01. The van der Waals surface area contributed by atoms with Crippen LogP contribution < -0.4 is 10.6 Å². The van der Waals surface area contributed by atoms with Crippen molar-refractivity contribution in [2.75, 3.05) is 20.8 Å². The van der Waals surface area contributed by atoms with Crippen molar-refractivity contribution in [2.45, 2.75) is 90.0 Å². The number of likely N-dealkylation sites (tertiary alicyclic amines) is 2. The summed E-state index contributed by atoms with van der Waals surface area (Å²) in [7, 11) is 2.61. The van der Waals surface area contributed by atoms with E-state index in [4.69, 9.17) is 19.4 Å². The Morgan fingerprint density at radius 1 is 0.688 bits per heavy atom. The number of H-pyrrole nitrogens is 2. The first kappa shape index (κ1) is 42.6. The van der Waals surface area contributed by atoms with Gasteiger partial charge in [0, 0.05) is 18.2 Å². The highest BCUT2D eigenvalue weighted by molar-refractivity contribution is 5.91. The molecule has 2 saturated heterocycles. The molecular formula is C50H56N8O6. The Morgan fingerprint density at radius 2 is 1.28 bits per heavy atom. The van der Waals surface area contributed by atoms with Gasteiger partial charge in [-0.2, -0.15) is 0 Å². The largest absolute Gasteiger partial charge is 0.453 e. The van der Waals surface area contributed by atoms with Gasteiger partial charge in [-0.3, -0.25) is 9.59 Å². The first-order valence-electron chi connectivity index (χ1n) is 22.4. The number of aromatic amines is 2. The number of alkyl carbamates (subject to hydrolysis) is 2. The van der Waals surface area contributed by atoms with Gasteiger partial charge in [-0.25, -0.2) is 19.6 Å². The lowest BCUT2D eigenvalue weighted by atomic mass is 9.95. The Kier molecular flexibility index (Phi) is 11.6. The molecule has 4 N–H and O–H groups in total. The highest BCUT2D eigenvalue weighted by atomic mass is 16.5. The maximum absolute atomic E-state index is 14.0. The minimum absolute atomic E-state index is 0.0877. The van der Waals surface area contributed by atoms with E-state index in [1.54, 1.807) is 0 Å². The van der Waals surface area contributed by atoms with Crippen LogP contribution in [-0.4, -0.2) is 92.6 Å². The minimum atomic E-state index is -0.688. The summed E-state index contributed by atoms with van der Waals surface area (Å²) in [5, 5.41) is 7.70. The highest BCUT2D eigenvalue weighted by Crippen LogP contribution is 2.50. The third-order valence-corrected chi connectivity index (χ3v) is 13.6. The zero-order valence-corrected chi connectivity index (χ0v) is 37.2. The zero-order chi connectivity index (χ0) is 44.8. The maximum Gasteiger partial charge on any atom is 0.407 e. The topological polar surface area (TPSA) is 175 Å². The number of fused-ring (bicyclic) bond motifs is 4. The van der Waals surface area contributed by atoms with Crippen LogP contribution in [0.25, 0.3) is 55.3 Å². The summed E-state index contributed by atoms with van der Waals surface area (Å²) < 4.78 is 9.62. The van der Waals surface area contributed by atoms with Crippen LogP contribution in [-0.2, 0) is 19.1 Å². The third kappa shape index (κ3) is 8.05.